The number of halogens is 1. The number of esters is 1. The molecule has 17 heavy (non-hydrogen) atoms. The van der Waals surface area contributed by atoms with Crippen LogP contribution in [0.4, 0.5) is 4.39 Å². The van der Waals surface area contributed by atoms with E-state index in [2.05, 4.69) is 0 Å². The van der Waals surface area contributed by atoms with Gasteiger partial charge in [-0.3, -0.25) is 0 Å². The minimum absolute atomic E-state index is 0.277. The first kappa shape index (κ1) is 13.4. The first-order valence-electron chi connectivity index (χ1n) is 5.80. The maximum Gasteiger partial charge on any atom is 0.331 e. The maximum atomic E-state index is 12.8. The molecule has 0 saturated heterocycles. The molecular weight excluding hydrogens is 219 g/mol. The van der Waals surface area contributed by atoms with Crippen LogP contribution >= 0.6 is 0 Å². The van der Waals surface area contributed by atoms with Crippen molar-refractivity contribution in [1.82, 2.24) is 0 Å². The second kappa shape index (κ2) is 6.84. The maximum absolute atomic E-state index is 12.8. The number of rotatable bonds is 5. The molecule has 0 spiro atoms. The number of carbonyl (C=O) groups is 1. The van der Waals surface area contributed by atoms with E-state index >= 15 is 0 Å². The summed E-state index contributed by atoms with van der Waals surface area (Å²) in [5, 5.41) is 0. The lowest BCUT2D eigenvalue weighted by Crippen LogP contribution is -2.01. The highest BCUT2D eigenvalue weighted by Crippen LogP contribution is 2.20. The van der Waals surface area contributed by atoms with Crippen molar-refractivity contribution in [2.24, 2.45) is 0 Å². The van der Waals surface area contributed by atoms with Gasteiger partial charge in [0.25, 0.3) is 0 Å². The van der Waals surface area contributed by atoms with Crippen molar-refractivity contribution in [2.45, 2.75) is 26.7 Å². The molecule has 1 rings (SSSR count). The lowest BCUT2D eigenvalue weighted by Gasteiger charge is -2.06. The fraction of sp³-hybridized carbons (Fsp3) is 0.357. The van der Waals surface area contributed by atoms with Crippen LogP contribution in [-0.4, -0.2) is 12.6 Å². The van der Waals surface area contributed by atoms with Crippen molar-refractivity contribution in [2.75, 3.05) is 6.61 Å². The molecule has 0 unspecified atom stereocenters. The van der Waals surface area contributed by atoms with Crippen LogP contribution in [0.1, 0.15) is 32.3 Å². The molecule has 0 bridgehead atoms. The molecule has 0 N–H and O–H groups in total. The number of benzene rings is 1. The quantitative estimate of drug-likeness (QED) is 0.577. The Labute approximate surface area is 101 Å². The van der Waals surface area contributed by atoms with Gasteiger partial charge in [-0.1, -0.05) is 25.5 Å². The van der Waals surface area contributed by atoms with Gasteiger partial charge >= 0.3 is 5.97 Å². The van der Waals surface area contributed by atoms with Gasteiger partial charge in [0.15, 0.2) is 0 Å². The normalized spacial score (nSPS) is 11.4. The molecule has 0 amide bonds. The van der Waals surface area contributed by atoms with E-state index in [9.17, 15) is 9.18 Å². The van der Waals surface area contributed by atoms with Gasteiger partial charge in [0.1, 0.15) is 5.82 Å². The molecule has 0 aromatic heterocycles. The molecule has 0 saturated carbocycles. The van der Waals surface area contributed by atoms with E-state index < -0.39 is 0 Å². The molecule has 92 valence electrons. The number of hydrogen-bond donors (Lipinski definition) is 0. The Bertz CT molecular complexity index is 393. The molecular formula is C14H17FO2. The summed E-state index contributed by atoms with van der Waals surface area (Å²) in [5.41, 5.74) is 1.74. The van der Waals surface area contributed by atoms with E-state index in [0.29, 0.717) is 6.61 Å². The zero-order valence-corrected chi connectivity index (χ0v) is 10.2. The lowest BCUT2D eigenvalue weighted by molar-refractivity contribution is -0.137. The Hall–Kier alpha value is -1.64. The van der Waals surface area contributed by atoms with Crippen molar-refractivity contribution < 1.29 is 13.9 Å². The third-order valence-electron chi connectivity index (χ3n) is 2.31. The molecule has 0 aliphatic carbocycles. The summed E-state index contributed by atoms with van der Waals surface area (Å²) in [6.45, 7) is 4.16. The first-order chi connectivity index (χ1) is 8.17. The summed E-state index contributed by atoms with van der Waals surface area (Å²) in [6, 6.07) is 6.14. The highest BCUT2D eigenvalue weighted by atomic mass is 19.1. The molecule has 0 aliphatic rings. The van der Waals surface area contributed by atoms with Crippen LogP contribution in [0.25, 0.3) is 5.57 Å². The molecule has 1 aromatic rings. The fourth-order valence-corrected chi connectivity index (χ4v) is 1.56. The van der Waals surface area contributed by atoms with Crippen molar-refractivity contribution in [3.8, 4) is 0 Å². The summed E-state index contributed by atoms with van der Waals surface area (Å²) in [5.74, 6) is -0.624. The molecule has 0 atom stereocenters. The molecule has 3 heteroatoms. The SMILES string of the molecule is CCC/C(=C/C(=O)OCC)c1ccc(F)cc1. The molecule has 1 aromatic carbocycles. The molecule has 0 radical (unpaired) electrons. The average molecular weight is 236 g/mol. The van der Waals surface area contributed by atoms with Crippen LogP contribution in [0.15, 0.2) is 30.3 Å². The van der Waals surface area contributed by atoms with Gasteiger partial charge in [0.05, 0.1) is 6.61 Å². The van der Waals surface area contributed by atoms with Gasteiger partial charge in [0.2, 0.25) is 0 Å². The summed E-state index contributed by atoms with van der Waals surface area (Å²) in [6.07, 6.45) is 3.17. The van der Waals surface area contributed by atoms with Crippen LogP contribution < -0.4 is 0 Å². The molecule has 0 aliphatic heterocycles. The van der Waals surface area contributed by atoms with Crippen molar-refractivity contribution in [1.29, 1.82) is 0 Å². The summed E-state index contributed by atoms with van der Waals surface area (Å²) < 4.78 is 17.7. The van der Waals surface area contributed by atoms with Gasteiger partial charge < -0.3 is 4.74 Å². The minimum atomic E-state index is -0.347. The van der Waals surface area contributed by atoms with Crippen LogP contribution in [0.2, 0.25) is 0 Å². The minimum Gasteiger partial charge on any atom is -0.463 e. The highest BCUT2D eigenvalue weighted by Gasteiger charge is 2.05. The third-order valence-corrected chi connectivity index (χ3v) is 2.31. The zero-order valence-electron chi connectivity index (χ0n) is 10.2. The first-order valence-corrected chi connectivity index (χ1v) is 5.80. The van der Waals surface area contributed by atoms with E-state index in [1.54, 1.807) is 19.1 Å². The monoisotopic (exact) mass is 236 g/mol. The summed E-state index contributed by atoms with van der Waals surface area (Å²) in [7, 11) is 0. The van der Waals surface area contributed by atoms with Crippen LogP contribution in [-0.2, 0) is 9.53 Å². The molecule has 2 nitrogen and oxygen atoms in total. The van der Waals surface area contributed by atoms with Crippen molar-refractivity contribution >= 4 is 11.5 Å². The van der Waals surface area contributed by atoms with Gasteiger partial charge in [-0.05, 0) is 36.6 Å². The number of ether oxygens (including phenoxy) is 1. The Morgan fingerprint density at radius 3 is 2.47 bits per heavy atom. The third kappa shape index (κ3) is 4.39. The van der Waals surface area contributed by atoms with E-state index in [0.717, 1.165) is 24.0 Å². The van der Waals surface area contributed by atoms with Gasteiger partial charge in [-0.2, -0.15) is 0 Å². The van der Waals surface area contributed by atoms with E-state index in [1.807, 2.05) is 6.92 Å². The second-order valence-electron chi connectivity index (χ2n) is 3.68. The van der Waals surface area contributed by atoms with Gasteiger partial charge in [0, 0.05) is 6.08 Å². The molecule has 0 heterocycles. The number of allylic oxidation sites excluding steroid dienone is 1. The summed E-state index contributed by atoms with van der Waals surface area (Å²) in [4.78, 5) is 11.4. The zero-order chi connectivity index (χ0) is 12.7. The van der Waals surface area contributed by atoms with Crippen LogP contribution in [0.3, 0.4) is 0 Å². The van der Waals surface area contributed by atoms with Crippen molar-refractivity contribution in [3.05, 3.63) is 41.7 Å². The number of hydrogen-bond acceptors (Lipinski definition) is 2. The predicted molar refractivity (Wildman–Crippen MR) is 65.9 cm³/mol. The van der Waals surface area contributed by atoms with Gasteiger partial charge in [-0.15, -0.1) is 0 Å². The summed E-state index contributed by atoms with van der Waals surface area (Å²) >= 11 is 0. The predicted octanol–water partition coefficient (Wildman–Crippen LogP) is 3.57. The van der Waals surface area contributed by atoms with E-state index in [4.69, 9.17) is 4.74 Å². The van der Waals surface area contributed by atoms with Crippen molar-refractivity contribution in [3.63, 3.8) is 0 Å². The van der Waals surface area contributed by atoms with E-state index in [-0.39, 0.29) is 11.8 Å². The standard InChI is InChI=1S/C14H17FO2/c1-3-5-12(10-14(16)17-4-2)11-6-8-13(15)9-7-11/h6-10H,3-5H2,1-2H3/b12-10-. The Morgan fingerprint density at radius 2 is 1.94 bits per heavy atom. The Morgan fingerprint density at radius 1 is 1.29 bits per heavy atom. The largest absolute Gasteiger partial charge is 0.463 e. The molecule has 0 fully saturated rings. The van der Waals surface area contributed by atoms with Crippen LogP contribution in [0, 0.1) is 5.82 Å². The second-order valence-corrected chi connectivity index (χ2v) is 3.68. The van der Waals surface area contributed by atoms with Gasteiger partial charge in [-0.25, -0.2) is 9.18 Å². The smallest absolute Gasteiger partial charge is 0.331 e. The van der Waals surface area contributed by atoms with Crippen LogP contribution in [0.5, 0.6) is 0 Å². The lowest BCUT2D eigenvalue weighted by atomic mass is 10.0. The average Bonchev–Trinajstić information content (AvgIpc) is 2.30. The Kier molecular flexibility index (Phi) is 5.40. The van der Waals surface area contributed by atoms with E-state index in [1.165, 1.54) is 18.2 Å². The topological polar surface area (TPSA) is 26.3 Å². The highest BCUT2D eigenvalue weighted by molar-refractivity contribution is 5.91. The fourth-order valence-electron chi connectivity index (χ4n) is 1.56. The number of carbonyl (C=O) groups excluding carboxylic acids is 1. The Balaban J connectivity index is 2.92.